The highest BCUT2D eigenvalue weighted by Gasteiger charge is 2.10. The summed E-state index contributed by atoms with van der Waals surface area (Å²) in [6, 6.07) is 10.4. The highest BCUT2D eigenvalue weighted by Crippen LogP contribution is 2.04. The van der Waals surface area contributed by atoms with Crippen LogP contribution in [0.5, 0.6) is 0 Å². The van der Waals surface area contributed by atoms with Crippen LogP contribution in [0.25, 0.3) is 0 Å². The molecule has 0 radical (unpaired) electrons. The fraction of sp³-hybridized carbons (Fsp3) is 0.375. The van der Waals surface area contributed by atoms with Gasteiger partial charge in [-0.1, -0.05) is 50.0 Å². The molecule has 0 bridgehead atoms. The second kappa shape index (κ2) is 7.70. The molecule has 1 atom stereocenters. The third kappa shape index (κ3) is 4.46. The van der Waals surface area contributed by atoms with Crippen molar-refractivity contribution in [3.8, 4) is 11.8 Å². The molecule has 0 aliphatic carbocycles. The lowest BCUT2D eigenvalue weighted by Gasteiger charge is -2.24. The van der Waals surface area contributed by atoms with Gasteiger partial charge in [-0.25, -0.2) is 0 Å². The Morgan fingerprint density at radius 3 is 2.41 bits per heavy atom. The Kier molecular flexibility index (Phi) is 6.14. The molecule has 0 heterocycles. The van der Waals surface area contributed by atoms with Gasteiger partial charge in [-0.05, 0) is 31.6 Å². The standard InChI is InChI=1S/C16H21N/c1-4-10-16(17(5-2)6-3)14-13-15-11-8-7-9-12-15/h4,7-9,11-12,16H,1,5-6,10H2,2-3H3. The van der Waals surface area contributed by atoms with Gasteiger partial charge in [-0.2, -0.15) is 0 Å². The van der Waals surface area contributed by atoms with Crippen molar-refractivity contribution in [2.75, 3.05) is 13.1 Å². The smallest absolute Gasteiger partial charge is 0.0752 e. The number of nitrogens with zero attached hydrogens (tertiary/aromatic N) is 1. The van der Waals surface area contributed by atoms with Crippen molar-refractivity contribution >= 4 is 0 Å². The SMILES string of the molecule is C=CCC(C#Cc1ccccc1)N(CC)CC. The van der Waals surface area contributed by atoms with Gasteiger partial charge in [-0.3, -0.25) is 4.90 Å². The largest absolute Gasteiger partial charge is 0.290 e. The Balaban J connectivity index is 2.79. The Morgan fingerprint density at radius 1 is 1.24 bits per heavy atom. The van der Waals surface area contributed by atoms with Crippen molar-refractivity contribution < 1.29 is 0 Å². The number of hydrogen-bond acceptors (Lipinski definition) is 1. The maximum atomic E-state index is 3.81. The van der Waals surface area contributed by atoms with E-state index in [2.05, 4.69) is 37.2 Å². The van der Waals surface area contributed by atoms with Gasteiger partial charge in [-0.15, -0.1) is 6.58 Å². The summed E-state index contributed by atoms with van der Waals surface area (Å²) in [5.74, 6) is 6.58. The third-order valence-corrected chi connectivity index (χ3v) is 2.80. The topological polar surface area (TPSA) is 3.24 Å². The number of rotatable bonds is 5. The molecule has 17 heavy (non-hydrogen) atoms. The quantitative estimate of drug-likeness (QED) is 0.551. The zero-order valence-corrected chi connectivity index (χ0v) is 10.8. The van der Waals surface area contributed by atoms with Crippen molar-refractivity contribution in [2.45, 2.75) is 26.3 Å². The van der Waals surface area contributed by atoms with Gasteiger partial charge in [0.15, 0.2) is 0 Å². The molecule has 0 fully saturated rings. The summed E-state index contributed by atoms with van der Waals surface area (Å²) in [7, 11) is 0. The lowest BCUT2D eigenvalue weighted by molar-refractivity contribution is 0.262. The van der Waals surface area contributed by atoms with E-state index < -0.39 is 0 Å². The van der Waals surface area contributed by atoms with Crippen molar-refractivity contribution in [1.29, 1.82) is 0 Å². The van der Waals surface area contributed by atoms with Gasteiger partial charge >= 0.3 is 0 Å². The third-order valence-electron chi connectivity index (χ3n) is 2.80. The van der Waals surface area contributed by atoms with Crippen LogP contribution in [0.3, 0.4) is 0 Å². The Labute approximate surface area is 105 Å². The summed E-state index contributed by atoms with van der Waals surface area (Å²) in [5.41, 5.74) is 1.08. The van der Waals surface area contributed by atoms with Gasteiger partial charge < -0.3 is 0 Å². The lowest BCUT2D eigenvalue weighted by atomic mass is 10.1. The molecule has 1 rings (SSSR count). The zero-order chi connectivity index (χ0) is 12.5. The molecular formula is C16H21N. The van der Waals surface area contributed by atoms with Crippen molar-refractivity contribution in [1.82, 2.24) is 4.90 Å². The first kappa shape index (κ1) is 13.5. The van der Waals surface area contributed by atoms with E-state index in [1.807, 2.05) is 36.4 Å². The second-order valence-corrected chi connectivity index (χ2v) is 3.90. The summed E-state index contributed by atoms with van der Waals surface area (Å²) in [5, 5.41) is 0. The minimum absolute atomic E-state index is 0.280. The molecule has 1 aromatic carbocycles. The van der Waals surface area contributed by atoms with Crippen LogP contribution in [0.15, 0.2) is 43.0 Å². The van der Waals surface area contributed by atoms with Crippen molar-refractivity contribution in [3.63, 3.8) is 0 Å². The van der Waals surface area contributed by atoms with E-state index in [0.717, 1.165) is 25.1 Å². The van der Waals surface area contributed by atoms with Crippen LogP contribution in [-0.2, 0) is 0 Å². The van der Waals surface area contributed by atoms with Crippen LogP contribution in [0.4, 0.5) is 0 Å². The first-order valence-electron chi connectivity index (χ1n) is 6.23. The van der Waals surface area contributed by atoms with Gasteiger partial charge in [0.25, 0.3) is 0 Å². The average molecular weight is 227 g/mol. The molecule has 1 unspecified atom stereocenters. The van der Waals surface area contributed by atoms with E-state index in [-0.39, 0.29) is 6.04 Å². The molecule has 90 valence electrons. The van der Waals surface area contributed by atoms with E-state index in [1.165, 1.54) is 0 Å². The van der Waals surface area contributed by atoms with Crippen LogP contribution in [0.1, 0.15) is 25.8 Å². The van der Waals surface area contributed by atoms with E-state index in [1.54, 1.807) is 0 Å². The van der Waals surface area contributed by atoms with Gasteiger partial charge in [0.05, 0.1) is 6.04 Å². The molecule has 1 aromatic rings. The Bertz CT molecular complexity index is 379. The van der Waals surface area contributed by atoms with Crippen LogP contribution >= 0.6 is 0 Å². The summed E-state index contributed by atoms with van der Waals surface area (Å²) in [6.45, 7) is 10.2. The van der Waals surface area contributed by atoms with Gasteiger partial charge in [0, 0.05) is 5.56 Å². The van der Waals surface area contributed by atoms with Gasteiger partial charge in [0.1, 0.15) is 0 Å². The molecular weight excluding hydrogens is 206 g/mol. The molecule has 1 nitrogen and oxygen atoms in total. The van der Waals surface area contributed by atoms with Crippen LogP contribution in [0, 0.1) is 11.8 Å². The number of benzene rings is 1. The fourth-order valence-electron chi connectivity index (χ4n) is 1.81. The van der Waals surface area contributed by atoms with Crippen LogP contribution in [-0.4, -0.2) is 24.0 Å². The minimum atomic E-state index is 0.280. The average Bonchev–Trinajstić information content (AvgIpc) is 2.38. The second-order valence-electron chi connectivity index (χ2n) is 3.90. The molecule has 0 aromatic heterocycles. The molecule has 0 amide bonds. The number of hydrogen-bond donors (Lipinski definition) is 0. The van der Waals surface area contributed by atoms with E-state index in [9.17, 15) is 0 Å². The highest BCUT2D eigenvalue weighted by molar-refractivity contribution is 5.35. The first-order valence-corrected chi connectivity index (χ1v) is 6.23. The predicted octanol–water partition coefficient (Wildman–Crippen LogP) is 3.32. The molecule has 0 aliphatic heterocycles. The first-order chi connectivity index (χ1) is 8.31. The monoisotopic (exact) mass is 227 g/mol. The molecule has 0 spiro atoms. The lowest BCUT2D eigenvalue weighted by Crippen LogP contribution is -2.33. The van der Waals surface area contributed by atoms with E-state index in [4.69, 9.17) is 0 Å². The summed E-state index contributed by atoms with van der Waals surface area (Å²) >= 11 is 0. The highest BCUT2D eigenvalue weighted by atomic mass is 15.1. The maximum absolute atomic E-state index is 3.81. The molecule has 0 N–H and O–H groups in total. The normalized spacial score (nSPS) is 11.7. The zero-order valence-electron chi connectivity index (χ0n) is 10.8. The van der Waals surface area contributed by atoms with Crippen LogP contribution < -0.4 is 0 Å². The molecule has 0 aliphatic rings. The fourth-order valence-corrected chi connectivity index (χ4v) is 1.81. The molecule has 0 saturated carbocycles. The summed E-state index contributed by atoms with van der Waals surface area (Å²) in [6.07, 6.45) is 2.87. The van der Waals surface area contributed by atoms with E-state index in [0.29, 0.717) is 0 Å². The molecule has 0 saturated heterocycles. The van der Waals surface area contributed by atoms with E-state index >= 15 is 0 Å². The maximum Gasteiger partial charge on any atom is 0.0752 e. The minimum Gasteiger partial charge on any atom is -0.290 e. The predicted molar refractivity (Wildman–Crippen MR) is 74.8 cm³/mol. The summed E-state index contributed by atoms with van der Waals surface area (Å²) < 4.78 is 0. The summed E-state index contributed by atoms with van der Waals surface area (Å²) in [4.78, 5) is 2.36. The Morgan fingerprint density at radius 2 is 1.88 bits per heavy atom. The van der Waals surface area contributed by atoms with Crippen molar-refractivity contribution in [3.05, 3.63) is 48.6 Å². The van der Waals surface area contributed by atoms with Crippen molar-refractivity contribution in [2.24, 2.45) is 0 Å². The molecule has 1 heteroatoms. The van der Waals surface area contributed by atoms with Crippen LogP contribution in [0.2, 0.25) is 0 Å². The Hall–Kier alpha value is -1.52. The van der Waals surface area contributed by atoms with Gasteiger partial charge in [0.2, 0.25) is 0 Å².